The minimum Gasteiger partial charge on any atom is -0.361 e. The number of hydrogen-bond donors (Lipinski definition) is 5. The lowest BCUT2D eigenvalue weighted by Gasteiger charge is -2.28. The summed E-state index contributed by atoms with van der Waals surface area (Å²) in [4.78, 5) is 28.9. The lowest BCUT2D eigenvalue weighted by molar-refractivity contribution is -0.120. The van der Waals surface area contributed by atoms with E-state index in [1.54, 1.807) is 0 Å². The van der Waals surface area contributed by atoms with E-state index in [1.165, 1.54) is 113 Å². The fourth-order valence-corrected chi connectivity index (χ4v) is 8.61. The summed E-state index contributed by atoms with van der Waals surface area (Å²) in [6.45, 7) is 21.2. The number of aromatic amines is 4. The van der Waals surface area contributed by atoms with Gasteiger partial charge in [0.2, 0.25) is 5.91 Å². The molecule has 4 aromatic rings. The number of carbonyl (C=O) groups is 1. The predicted molar refractivity (Wildman–Crippen MR) is 228 cm³/mol. The van der Waals surface area contributed by atoms with Crippen molar-refractivity contribution in [3.63, 3.8) is 0 Å². The molecule has 0 unspecified atom stereocenters. The first-order chi connectivity index (χ1) is 25.7. The molecule has 5 N–H and O–H groups in total. The number of carbonyl (C=O) groups excluding carboxylic acids is 1. The van der Waals surface area contributed by atoms with E-state index >= 15 is 0 Å². The topological polar surface area (TPSA) is 92.3 Å². The summed E-state index contributed by atoms with van der Waals surface area (Å²) < 4.78 is 0. The van der Waals surface area contributed by atoms with Gasteiger partial charge in [0.25, 0.3) is 0 Å². The van der Waals surface area contributed by atoms with E-state index in [2.05, 4.69) is 130 Å². The quantitative estimate of drug-likeness (QED) is 0.0609. The standard InChI is InChI=1S/C48H75N5O/c1-10-11-12-13-14-15-16-17-18-19-20-21-22-23-24-25-32-49-43(54)34-35-33-42-47(6,7)40-29-28-38(51-40)45(2,3)36-26-27-37(50-36)46(4,5)39-30-31-41(52-39)48(8,9)44(35)53-42/h26-31,33,50-53H,10-25,32,34H2,1-9H3,(H,49,54). The molecule has 8 bridgehead atoms. The number of unbranched alkanes of at least 4 members (excludes halogenated alkanes) is 15. The van der Waals surface area contributed by atoms with E-state index in [-0.39, 0.29) is 27.6 Å². The van der Waals surface area contributed by atoms with Gasteiger partial charge >= 0.3 is 0 Å². The number of hydrogen-bond acceptors (Lipinski definition) is 1. The molecule has 298 valence electrons. The van der Waals surface area contributed by atoms with Gasteiger partial charge in [-0.2, -0.15) is 0 Å². The summed E-state index contributed by atoms with van der Waals surface area (Å²) in [6, 6.07) is 15.7. The van der Waals surface area contributed by atoms with E-state index in [1.807, 2.05) is 0 Å². The second-order valence-corrected chi connectivity index (χ2v) is 18.8. The van der Waals surface area contributed by atoms with E-state index in [9.17, 15) is 4.79 Å². The molecule has 6 nitrogen and oxygen atoms in total. The summed E-state index contributed by atoms with van der Waals surface area (Å²) in [5, 5.41) is 3.27. The minimum absolute atomic E-state index is 0.0989. The second-order valence-electron chi connectivity index (χ2n) is 18.8. The van der Waals surface area contributed by atoms with Crippen LogP contribution in [0, 0.1) is 0 Å². The van der Waals surface area contributed by atoms with Crippen molar-refractivity contribution in [2.75, 3.05) is 6.54 Å². The number of fused-ring (bicyclic) bond motifs is 8. The molecule has 5 rings (SSSR count). The van der Waals surface area contributed by atoms with Crippen molar-refractivity contribution in [1.29, 1.82) is 0 Å². The monoisotopic (exact) mass is 738 g/mol. The van der Waals surface area contributed by atoms with Crippen molar-refractivity contribution in [1.82, 2.24) is 25.3 Å². The molecule has 0 saturated heterocycles. The van der Waals surface area contributed by atoms with Crippen LogP contribution in [-0.4, -0.2) is 32.4 Å². The zero-order valence-corrected chi connectivity index (χ0v) is 35.7. The Bertz CT molecular complexity index is 1750. The van der Waals surface area contributed by atoms with Gasteiger partial charge in [0.15, 0.2) is 0 Å². The van der Waals surface area contributed by atoms with Gasteiger partial charge in [0, 0.05) is 73.8 Å². The van der Waals surface area contributed by atoms with Gasteiger partial charge in [-0.3, -0.25) is 4.79 Å². The number of H-pyrrole nitrogens is 4. The number of amides is 1. The second kappa shape index (κ2) is 18.0. The van der Waals surface area contributed by atoms with Crippen LogP contribution in [0.25, 0.3) is 0 Å². The van der Waals surface area contributed by atoms with Crippen molar-refractivity contribution < 1.29 is 4.79 Å². The first kappa shape index (κ1) is 41.7. The van der Waals surface area contributed by atoms with Crippen LogP contribution >= 0.6 is 0 Å². The van der Waals surface area contributed by atoms with E-state index in [0.717, 1.165) is 47.0 Å². The van der Waals surface area contributed by atoms with Crippen LogP contribution in [-0.2, 0) is 32.9 Å². The highest BCUT2D eigenvalue weighted by molar-refractivity contribution is 5.79. The highest BCUT2D eigenvalue weighted by atomic mass is 16.1. The molecule has 1 aliphatic heterocycles. The van der Waals surface area contributed by atoms with Crippen molar-refractivity contribution in [3.05, 3.63) is 93.6 Å². The molecule has 1 aliphatic rings. The van der Waals surface area contributed by atoms with Crippen molar-refractivity contribution in [2.45, 2.75) is 193 Å². The number of aromatic nitrogens is 4. The molecule has 54 heavy (non-hydrogen) atoms. The Kier molecular flexibility index (Phi) is 13.9. The summed E-state index contributed by atoms with van der Waals surface area (Å²) in [7, 11) is 0. The summed E-state index contributed by atoms with van der Waals surface area (Å²) in [5.41, 5.74) is 9.05. The lowest BCUT2D eigenvalue weighted by Crippen LogP contribution is -2.28. The fraction of sp³-hybridized carbons (Fsp3) is 0.646. The van der Waals surface area contributed by atoms with Gasteiger partial charge in [0.05, 0.1) is 6.42 Å². The third-order valence-corrected chi connectivity index (χ3v) is 13.0. The Labute approximate surface area is 328 Å². The molecular weight excluding hydrogens is 663 g/mol. The smallest absolute Gasteiger partial charge is 0.224 e. The molecule has 6 heteroatoms. The van der Waals surface area contributed by atoms with Gasteiger partial charge in [-0.05, 0) is 110 Å². The number of nitrogens with one attached hydrogen (secondary N) is 5. The molecule has 0 atom stereocenters. The molecule has 0 aromatic carbocycles. The summed E-state index contributed by atoms with van der Waals surface area (Å²) in [6.07, 6.45) is 22.0. The zero-order valence-electron chi connectivity index (χ0n) is 35.7. The van der Waals surface area contributed by atoms with Crippen LogP contribution in [0.3, 0.4) is 0 Å². The first-order valence-electron chi connectivity index (χ1n) is 21.8. The first-order valence-corrected chi connectivity index (χ1v) is 21.8. The van der Waals surface area contributed by atoms with Crippen LogP contribution < -0.4 is 5.32 Å². The molecule has 0 spiro atoms. The molecule has 0 fully saturated rings. The SMILES string of the molecule is CCCCCCCCCCCCCCCCCCNC(=O)Cc1cc2[nH]c1C(C)(C)c1ccc([nH]1)C(C)(C)c1ccc([nH]1)C(C)(C)c1ccc([nH]1)C2(C)C. The summed E-state index contributed by atoms with van der Waals surface area (Å²) in [5.74, 6) is 0.0989. The highest BCUT2D eigenvalue weighted by Gasteiger charge is 2.38. The van der Waals surface area contributed by atoms with Crippen LogP contribution in [0.4, 0.5) is 0 Å². The van der Waals surface area contributed by atoms with Crippen LogP contribution in [0.2, 0.25) is 0 Å². The van der Waals surface area contributed by atoms with Gasteiger partial charge in [-0.15, -0.1) is 0 Å². The summed E-state index contributed by atoms with van der Waals surface area (Å²) >= 11 is 0. The van der Waals surface area contributed by atoms with Crippen LogP contribution in [0.5, 0.6) is 0 Å². The molecule has 0 radical (unpaired) electrons. The third kappa shape index (κ3) is 9.69. The molecule has 0 saturated carbocycles. The lowest BCUT2D eigenvalue weighted by atomic mass is 9.83. The maximum absolute atomic E-state index is 13.5. The maximum atomic E-state index is 13.5. The van der Waals surface area contributed by atoms with E-state index < -0.39 is 0 Å². The minimum atomic E-state index is -0.382. The van der Waals surface area contributed by atoms with Crippen LogP contribution in [0.15, 0.2) is 42.5 Å². The molecular formula is C48H75N5O. The molecule has 0 aliphatic carbocycles. The molecule has 4 aromatic heterocycles. The van der Waals surface area contributed by atoms with Crippen LogP contribution in [0.1, 0.15) is 216 Å². The van der Waals surface area contributed by atoms with Crippen molar-refractivity contribution >= 4 is 5.91 Å². The Morgan fingerprint density at radius 3 is 1.19 bits per heavy atom. The number of rotatable bonds is 19. The fourth-order valence-electron chi connectivity index (χ4n) is 8.61. The Morgan fingerprint density at radius 1 is 0.463 bits per heavy atom. The van der Waals surface area contributed by atoms with E-state index in [4.69, 9.17) is 0 Å². The highest BCUT2D eigenvalue weighted by Crippen LogP contribution is 2.42. The maximum Gasteiger partial charge on any atom is 0.224 e. The zero-order chi connectivity index (χ0) is 39.0. The van der Waals surface area contributed by atoms with Gasteiger partial charge in [0.1, 0.15) is 0 Å². The molecule has 5 heterocycles. The van der Waals surface area contributed by atoms with Gasteiger partial charge in [-0.1, -0.05) is 103 Å². The largest absolute Gasteiger partial charge is 0.361 e. The Hall–Kier alpha value is -3.41. The Morgan fingerprint density at radius 2 is 0.796 bits per heavy atom. The average Bonchev–Trinajstić information content (AvgIpc) is 3.96. The molecule has 1 amide bonds. The van der Waals surface area contributed by atoms with E-state index in [0.29, 0.717) is 6.42 Å². The van der Waals surface area contributed by atoms with Crippen molar-refractivity contribution in [2.24, 2.45) is 0 Å². The third-order valence-electron chi connectivity index (χ3n) is 13.0. The van der Waals surface area contributed by atoms with Gasteiger partial charge < -0.3 is 25.3 Å². The Balaban J connectivity index is 1.18. The average molecular weight is 738 g/mol. The predicted octanol–water partition coefficient (Wildman–Crippen LogP) is 12.5. The van der Waals surface area contributed by atoms with Gasteiger partial charge in [-0.25, -0.2) is 0 Å². The van der Waals surface area contributed by atoms with Crippen molar-refractivity contribution in [3.8, 4) is 0 Å². The normalized spacial score (nSPS) is 16.8.